The van der Waals surface area contributed by atoms with Crippen LogP contribution in [0.15, 0.2) is 30.5 Å². The molecule has 2 aliphatic rings. The lowest BCUT2D eigenvalue weighted by atomic mass is 9.86. The Hall–Kier alpha value is -3.53. The SMILES string of the molecule is COc1cc(-n2c(C3CCOCC3)c([C@@H]3CC[C@@](F)(C(=O)O)C3)c3nc4[nH]ncc4cc32)ccc1F. The van der Waals surface area contributed by atoms with Gasteiger partial charge in [-0.2, -0.15) is 5.10 Å². The van der Waals surface area contributed by atoms with Crippen molar-refractivity contribution in [3.63, 3.8) is 0 Å². The fourth-order valence-electron chi connectivity index (χ4n) is 5.89. The van der Waals surface area contributed by atoms with Gasteiger partial charge in [0.05, 0.1) is 24.3 Å². The van der Waals surface area contributed by atoms with Crippen LogP contribution in [0.4, 0.5) is 8.78 Å². The molecule has 1 saturated carbocycles. The summed E-state index contributed by atoms with van der Waals surface area (Å²) in [6.07, 6.45) is 3.43. The monoisotopic (exact) mass is 496 g/mol. The summed E-state index contributed by atoms with van der Waals surface area (Å²) in [6, 6.07) is 6.67. The zero-order valence-corrected chi connectivity index (χ0v) is 19.8. The molecule has 10 heteroatoms. The van der Waals surface area contributed by atoms with Gasteiger partial charge in [-0.15, -0.1) is 0 Å². The summed E-state index contributed by atoms with van der Waals surface area (Å²) in [5, 5.41) is 17.4. The first-order chi connectivity index (χ1) is 17.4. The molecule has 2 atom stereocenters. The standard InChI is InChI=1S/C26H26F2N4O4/c1-35-20-11-17(2-3-18(20)27)32-19-10-16-13-29-31-24(16)30-22(19)21(23(32)14-5-8-36-9-6-14)15-4-7-26(28,12-15)25(33)34/h2-3,10-11,13-15H,4-9,12H2,1H3,(H,33,34)(H,29,30,31)/t15-,26+/m1/s1. The number of hydrogen-bond donors (Lipinski definition) is 2. The zero-order chi connectivity index (χ0) is 25.0. The fourth-order valence-corrected chi connectivity index (χ4v) is 5.89. The van der Waals surface area contributed by atoms with Crippen LogP contribution < -0.4 is 4.74 Å². The van der Waals surface area contributed by atoms with Gasteiger partial charge in [0.2, 0.25) is 5.67 Å². The van der Waals surface area contributed by atoms with E-state index in [9.17, 15) is 14.3 Å². The molecule has 1 saturated heterocycles. The molecule has 1 aliphatic carbocycles. The lowest BCUT2D eigenvalue weighted by Crippen LogP contribution is -2.30. The molecular weight excluding hydrogens is 470 g/mol. The van der Waals surface area contributed by atoms with Crippen LogP contribution in [-0.2, 0) is 9.53 Å². The van der Waals surface area contributed by atoms with Crippen LogP contribution >= 0.6 is 0 Å². The second-order valence-electron chi connectivity index (χ2n) is 9.71. The maximum absolute atomic E-state index is 15.3. The number of benzene rings is 1. The number of alkyl halides is 1. The Labute approximate surface area is 205 Å². The molecule has 4 aromatic rings. The molecule has 3 aromatic heterocycles. The van der Waals surface area contributed by atoms with Crippen LogP contribution in [0.3, 0.4) is 0 Å². The molecule has 188 valence electrons. The van der Waals surface area contributed by atoms with Crippen LogP contribution in [0.2, 0.25) is 0 Å². The second kappa shape index (κ2) is 8.55. The number of carbonyl (C=O) groups is 1. The molecule has 1 aromatic carbocycles. The number of carboxylic acid groups (broad SMARTS) is 1. The van der Waals surface area contributed by atoms with E-state index in [0.717, 1.165) is 35.0 Å². The van der Waals surface area contributed by atoms with E-state index in [0.29, 0.717) is 36.5 Å². The number of methoxy groups -OCH3 is 1. The van der Waals surface area contributed by atoms with Crippen molar-refractivity contribution in [1.29, 1.82) is 0 Å². The highest BCUT2D eigenvalue weighted by atomic mass is 19.1. The van der Waals surface area contributed by atoms with E-state index in [-0.39, 0.29) is 30.4 Å². The third-order valence-electron chi connectivity index (χ3n) is 7.67. The number of pyridine rings is 1. The van der Waals surface area contributed by atoms with Gasteiger partial charge in [0.15, 0.2) is 17.2 Å². The largest absolute Gasteiger partial charge is 0.494 e. The van der Waals surface area contributed by atoms with Crippen LogP contribution in [0.1, 0.15) is 55.2 Å². The van der Waals surface area contributed by atoms with Crippen LogP contribution in [0, 0.1) is 5.82 Å². The second-order valence-corrected chi connectivity index (χ2v) is 9.71. The van der Waals surface area contributed by atoms with E-state index in [1.807, 2.05) is 6.07 Å². The van der Waals surface area contributed by atoms with Crippen molar-refractivity contribution >= 4 is 28.0 Å². The van der Waals surface area contributed by atoms with E-state index in [2.05, 4.69) is 14.8 Å². The number of H-pyrrole nitrogens is 1. The average Bonchev–Trinajstić information content (AvgIpc) is 3.59. The first kappa shape index (κ1) is 22.9. The molecule has 1 aliphatic heterocycles. The van der Waals surface area contributed by atoms with E-state index < -0.39 is 17.5 Å². The number of aliphatic carboxylic acids is 1. The molecule has 0 amide bonds. The normalized spacial score (nSPS) is 23.0. The van der Waals surface area contributed by atoms with Gasteiger partial charge in [0, 0.05) is 47.5 Å². The van der Waals surface area contributed by atoms with Gasteiger partial charge < -0.3 is 19.1 Å². The van der Waals surface area contributed by atoms with Crippen molar-refractivity contribution in [3.8, 4) is 11.4 Å². The number of hydrogen-bond acceptors (Lipinski definition) is 5. The minimum Gasteiger partial charge on any atom is -0.494 e. The summed E-state index contributed by atoms with van der Waals surface area (Å²) >= 11 is 0. The average molecular weight is 497 g/mol. The molecule has 0 spiro atoms. The zero-order valence-electron chi connectivity index (χ0n) is 19.8. The van der Waals surface area contributed by atoms with Crippen molar-refractivity contribution in [2.24, 2.45) is 0 Å². The number of aromatic amines is 1. The predicted octanol–water partition coefficient (Wildman–Crippen LogP) is 5.00. The molecule has 0 bridgehead atoms. The van der Waals surface area contributed by atoms with Crippen molar-refractivity contribution in [1.82, 2.24) is 19.7 Å². The number of carboxylic acids is 1. The van der Waals surface area contributed by atoms with Gasteiger partial charge in [-0.25, -0.2) is 18.6 Å². The third-order valence-corrected chi connectivity index (χ3v) is 7.67. The third kappa shape index (κ3) is 3.54. The van der Waals surface area contributed by atoms with Crippen molar-refractivity contribution in [2.45, 2.75) is 49.6 Å². The summed E-state index contributed by atoms with van der Waals surface area (Å²) in [5.74, 6) is -2.03. The van der Waals surface area contributed by atoms with Gasteiger partial charge in [-0.05, 0) is 56.2 Å². The molecule has 8 nitrogen and oxygen atoms in total. The number of rotatable bonds is 5. The summed E-state index contributed by atoms with van der Waals surface area (Å²) in [5.41, 5.74) is 2.28. The molecule has 0 radical (unpaired) electrons. The minimum absolute atomic E-state index is 0.0520. The first-order valence-corrected chi connectivity index (χ1v) is 12.1. The Morgan fingerprint density at radius 2 is 2.06 bits per heavy atom. The van der Waals surface area contributed by atoms with E-state index in [1.165, 1.54) is 13.2 Å². The van der Waals surface area contributed by atoms with Gasteiger partial charge in [0.1, 0.15) is 0 Å². The van der Waals surface area contributed by atoms with Gasteiger partial charge >= 0.3 is 5.97 Å². The number of ether oxygens (including phenoxy) is 2. The molecule has 2 fully saturated rings. The lowest BCUT2D eigenvalue weighted by molar-refractivity contribution is -0.150. The number of nitrogens with one attached hydrogen (secondary N) is 1. The Morgan fingerprint density at radius 1 is 1.25 bits per heavy atom. The summed E-state index contributed by atoms with van der Waals surface area (Å²) < 4.78 is 42.6. The summed E-state index contributed by atoms with van der Waals surface area (Å²) in [7, 11) is 1.42. The number of halogens is 2. The van der Waals surface area contributed by atoms with Gasteiger partial charge in [-0.3, -0.25) is 5.10 Å². The Morgan fingerprint density at radius 3 is 2.78 bits per heavy atom. The predicted molar refractivity (Wildman–Crippen MR) is 128 cm³/mol. The highest BCUT2D eigenvalue weighted by Crippen LogP contribution is 2.50. The molecule has 4 heterocycles. The molecular formula is C26H26F2N4O4. The lowest BCUT2D eigenvalue weighted by Gasteiger charge is -2.27. The smallest absolute Gasteiger partial charge is 0.341 e. The summed E-state index contributed by atoms with van der Waals surface area (Å²) in [6.45, 7) is 1.17. The molecule has 6 rings (SSSR count). The quantitative estimate of drug-likeness (QED) is 0.403. The van der Waals surface area contributed by atoms with Crippen molar-refractivity contribution in [2.75, 3.05) is 20.3 Å². The Bertz CT molecular complexity index is 1480. The molecule has 2 N–H and O–H groups in total. The summed E-state index contributed by atoms with van der Waals surface area (Å²) in [4.78, 5) is 16.6. The van der Waals surface area contributed by atoms with Crippen LogP contribution in [0.25, 0.3) is 27.8 Å². The van der Waals surface area contributed by atoms with Gasteiger partial charge in [-0.1, -0.05) is 0 Å². The number of aromatic nitrogens is 4. The van der Waals surface area contributed by atoms with E-state index in [1.54, 1.807) is 18.3 Å². The maximum atomic E-state index is 15.3. The minimum atomic E-state index is -2.27. The highest BCUT2D eigenvalue weighted by Gasteiger charge is 2.48. The highest BCUT2D eigenvalue weighted by molar-refractivity contribution is 5.94. The van der Waals surface area contributed by atoms with Crippen LogP contribution in [-0.4, -0.2) is 56.8 Å². The van der Waals surface area contributed by atoms with Gasteiger partial charge in [0.25, 0.3) is 0 Å². The van der Waals surface area contributed by atoms with E-state index in [4.69, 9.17) is 14.5 Å². The molecule has 0 unspecified atom stereocenters. The van der Waals surface area contributed by atoms with Crippen molar-refractivity contribution < 1.29 is 28.2 Å². The Balaban J connectivity index is 1.66. The topological polar surface area (TPSA) is 102 Å². The van der Waals surface area contributed by atoms with Crippen LogP contribution in [0.5, 0.6) is 5.75 Å². The van der Waals surface area contributed by atoms with E-state index >= 15 is 4.39 Å². The van der Waals surface area contributed by atoms with Crippen molar-refractivity contribution in [3.05, 3.63) is 47.5 Å². The number of fused-ring (bicyclic) bond motifs is 2. The fraction of sp³-hybridized carbons (Fsp3) is 0.423. The Kier molecular flexibility index (Phi) is 5.44. The number of nitrogens with zero attached hydrogens (tertiary/aromatic N) is 3. The maximum Gasteiger partial charge on any atom is 0.341 e. The molecule has 36 heavy (non-hydrogen) atoms. The first-order valence-electron chi connectivity index (χ1n) is 12.1.